The Bertz CT molecular complexity index is 1440. The summed E-state index contributed by atoms with van der Waals surface area (Å²) in [6, 6.07) is 12.5. The number of rotatable bonds is 17. The molecule has 45 heavy (non-hydrogen) atoms. The van der Waals surface area contributed by atoms with Gasteiger partial charge in [0, 0.05) is 68.4 Å². The molecule has 0 spiro atoms. The van der Waals surface area contributed by atoms with Crippen LogP contribution in [0.5, 0.6) is 0 Å². The molecule has 1 fully saturated rings. The molecule has 1 aromatic heterocycles. The summed E-state index contributed by atoms with van der Waals surface area (Å²) >= 11 is 0. The topological polar surface area (TPSA) is 80.2 Å². The van der Waals surface area contributed by atoms with E-state index in [-0.39, 0.29) is 17.8 Å². The van der Waals surface area contributed by atoms with Gasteiger partial charge in [-0.15, -0.1) is 0 Å². The third-order valence-corrected chi connectivity index (χ3v) is 9.05. The number of para-hydroxylation sites is 1. The van der Waals surface area contributed by atoms with Gasteiger partial charge >= 0.3 is 0 Å². The van der Waals surface area contributed by atoms with Gasteiger partial charge in [0.15, 0.2) is 0 Å². The molecule has 10 heteroatoms. The highest BCUT2D eigenvalue weighted by Gasteiger charge is 2.42. The number of anilines is 1. The average Bonchev–Trinajstić information content (AvgIpc) is 3.75. The van der Waals surface area contributed by atoms with Crippen molar-refractivity contribution in [3.63, 3.8) is 0 Å². The van der Waals surface area contributed by atoms with E-state index < -0.39 is 0 Å². The Kier molecular flexibility index (Phi) is 11.6. The molecular weight excluding hydrogens is 573 g/mol. The Balaban J connectivity index is 1.12. The minimum Gasteiger partial charge on any atom is -0.381 e. The smallest absolute Gasteiger partial charge is 0.243 e. The van der Waals surface area contributed by atoms with Crippen molar-refractivity contribution in [3.8, 4) is 0 Å². The SMILES string of the molecule is C=CC(=O)NCCOCCOCCOCCNc1cccc2c([C@H]3CN([C@H]4CCc5cccc(F)c54)C[C@@H]3N(C)C)cn(C)c12. The van der Waals surface area contributed by atoms with Gasteiger partial charge in [-0.1, -0.05) is 30.8 Å². The summed E-state index contributed by atoms with van der Waals surface area (Å²) in [6.07, 6.45) is 5.45. The van der Waals surface area contributed by atoms with Crippen LogP contribution >= 0.6 is 0 Å². The maximum atomic E-state index is 14.9. The quantitative estimate of drug-likeness (QED) is 0.174. The highest BCUT2D eigenvalue weighted by Crippen LogP contribution is 2.44. The number of nitrogens with one attached hydrogen (secondary N) is 2. The molecule has 2 aliphatic rings. The van der Waals surface area contributed by atoms with Crippen molar-refractivity contribution >= 4 is 22.5 Å². The number of aryl methyl sites for hydroxylation is 2. The number of halogens is 1. The van der Waals surface area contributed by atoms with Crippen LogP contribution < -0.4 is 10.6 Å². The van der Waals surface area contributed by atoms with Crippen LogP contribution in [0, 0.1) is 5.82 Å². The number of carbonyl (C=O) groups excluding carboxylic acids is 1. The summed E-state index contributed by atoms with van der Waals surface area (Å²) in [7, 11) is 6.44. The molecule has 3 aromatic rings. The summed E-state index contributed by atoms with van der Waals surface area (Å²) in [6.45, 7) is 9.33. The van der Waals surface area contributed by atoms with Crippen LogP contribution in [-0.4, -0.2) is 106 Å². The van der Waals surface area contributed by atoms with Crippen molar-refractivity contribution in [2.24, 2.45) is 7.05 Å². The minimum atomic E-state index is -0.202. The Morgan fingerprint density at radius 3 is 2.47 bits per heavy atom. The molecule has 1 aliphatic carbocycles. The van der Waals surface area contributed by atoms with E-state index in [2.05, 4.69) is 83.2 Å². The number of fused-ring (bicyclic) bond motifs is 2. The standard InChI is InChI=1S/C35H48FN5O4/c1-5-33(42)38-15-17-44-19-21-45-20-18-43-16-14-37-30-11-7-9-26-27(22-40(4)35(26)30)28-23-41(24-32(28)39(2)3)31-13-12-25-8-6-10-29(36)34(25)31/h5-11,22,28,31-32,37H,1,12-21,23-24H2,2-4H3,(H,38,42)/t28-,31+,32+/m1/s1. The summed E-state index contributed by atoms with van der Waals surface area (Å²) in [4.78, 5) is 15.9. The lowest BCUT2D eigenvalue weighted by Crippen LogP contribution is -2.35. The van der Waals surface area contributed by atoms with E-state index in [9.17, 15) is 9.18 Å². The molecule has 0 bridgehead atoms. The first kappa shape index (κ1) is 33.1. The molecule has 0 unspecified atom stereocenters. The Morgan fingerprint density at radius 2 is 1.73 bits per heavy atom. The second-order valence-electron chi connectivity index (χ2n) is 12.1. The highest BCUT2D eigenvalue weighted by molar-refractivity contribution is 5.94. The zero-order chi connectivity index (χ0) is 31.8. The zero-order valence-electron chi connectivity index (χ0n) is 26.9. The lowest BCUT2D eigenvalue weighted by molar-refractivity contribution is -0.116. The fraction of sp³-hybridized carbons (Fsp3) is 0.514. The van der Waals surface area contributed by atoms with Gasteiger partial charge in [-0.3, -0.25) is 9.69 Å². The van der Waals surface area contributed by atoms with Crippen molar-refractivity contribution in [2.75, 3.05) is 85.2 Å². The Labute approximate surface area is 266 Å². The predicted octanol–water partition coefficient (Wildman–Crippen LogP) is 4.10. The van der Waals surface area contributed by atoms with Crippen molar-refractivity contribution in [3.05, 3.63) is 77.8 Å². The number of nitrogens with zero attached hydrogens (tertiary/aromatic N) is 3. The third-order valence-electron chi connectivity index (χ3n) is 9.05. The number of amides is 1. The maximum Gasteiger partial charge on any atom is 0.243 e. The predicted molar refractivity (Wildman–Crippen MR) is 176 cm³/mol. The summed E-state index contributed by atoms with van der Waals surface area (Å²) in [5, 5.41) is 7.50. The van der Waals surface area contributed by atoms with E-state index in [1.165, 1.54) is 22.5 Å². The van der Waals surface area contributed by atoms with E-state index in [1.807, 2.05) is 6.07 Å². The second kappa shape index (κ2) is 15.8. The first-order chi connectivity index (χ1) is 21.9. The van der Waals surface area contributed by atoms with Crippen LogP contribution in [0.25, 0.3) is 10.9 Å². The molecule has 244 valence electrons. The molecular formula is C35H48FN5O4. The van der Waals surface area contributed by atoms with Gasteiger partial charge in [0.1, 0.15) is 5.82 Å². The van der Waals surface area contributed by atoms with Crippen LogP contribution in [0.2, 0.25) is 0 Å². The van der Waals surface area contributed by atoms with E-state index in [0.29, 0.717) is 64.7 Å². The molecule has 2 heterocycles. The molecule has 2 aromatic carbocycles. The largest absolute Gasteiger partial charge is 0.381 e. The molecule has 2 N–H and O–H groups in total. The van der Waals surface area contributed by atoms with Crippen LogP contribution in [0.4, 0.5) is 10.1 Å². The molecule has 9 nitrogen and oxygen atoms in total. The second-order valence-corrected chi connectivity index (χ2v) is 12.1. The van der Waals surface area contributed by atoms with Gasteiger partial charge in [0.05, 0.1) is 50.8 Å². The fourth-order valence-corrected chi connectivity index (χ4v) is 6.93. The number of hydrogen-bond acceptors (Lipinski definition) is 7. The van der Waals surface area contributed by atoms with E-state index in [0.717, 1.165) is 42.7 Å². The summed E-state index contributed by atoms with van der Waals surface area (Å²) in [5.74, 6) is 0.0549. The number of likely N-dealkylation sites (N-methyl/N-ethyl adjacent to an activating group) is 1. The van der Waals surface area contributed by atoms with Crippen molar-refractivity contribution in [1.29, 1.82) is 0 Å². The molecule has 0 radical (unpaired) electrons. The first-order valence-electron chi connectivity index (χ1n) is 16.0. The monoisotopic (exact) mass is 621 g/mol. The van der Waals surface area contributed by atoms with Gasteiger partial charge < -0.3 is 34.3 Å². The molecule has 5 rings (SSSR count). The Hall–Kier alpha value is -3.28. The number of benzene rings is 2. The van der Waals surface area contributed by atoms with E-state index >= 15 is 0 Å². The minimum absolute atomic E-state index is 0.0636. The lowest BCUT2D eigenvalue weighted by atomic mass is 9.93. The fourth-order valence-electron chi connectivity index (χ4n) is 6.93. The van der Waals surface area contributed by atoms with Crippen LogP contribution in [0.3, 0.4) is 0 Å². The van der Waals surface area contributed by atoms with Gasteiger partial charge in [-0.25, -0.2) is 4.39 Å². The molecule has 3 atom stereocenters. The Morgan fingerprint density at radius 1 is 1.02 bits per heavy atom. The number of hydrogen-bond donors (Lipinski definition) is 2. The first-order valence-corrected chi connectivity index (χ1v) is 16.0. The molecule has 0 saturated carbocycles. The zero-order valence-corrected chi connectivity index (χ0v) is 26.9. The van der Waals surface area contributed by atoms with Gasteiger partial charge in [0.25, 0.3) is 0 Å². The van der Waals surface area contributed by atoms with Crippen molar-refractivity contribution in [2.45, 2.75) is 30.8 Å². The molecule has 1 amide bonds. The van der Waals surface area contributed by atoms with Crippen molar-refractivity contribution < 1.29 is 23.4 Å². The van der Waals surface area contributed by atoms with Crippen LogP contribution in [0.15, 0.2) is 55.3 Å². The van der Waals surface area contributed by atoms with E-state index in [1.54, 1.807) is 6.07 Å². The van der Waals surface area contributed by atoms with E-state index in [4.69, 9.17) is 14.2 Å². The van der Waals surface area contributed by atoms with Crippen LogP contribution in [0.1, 0.15) is 35.1 Å². The average molecular weight is 622 g/mol. The highest BCUT2D eigenvalue weighted by atomic mass is 19.1. The van der Waals surface area contributed by atoms with Crippen molar-refractivity contribution in [1.82, 2.24) is 19.7 Å². The van der Waals surface area contributed by atoms with Gasteiger partial charge in [-0.2, -0.15) is 0 Å². The maximum absolute atomic E-state index is 14.9. The lowest BCUT2D eigenvalue weighted by Gasteiger charge is -2.26. The van der Waals surface area contributed by atoms with Gasteiger partial charge in [0.2, 0.25) is 5.91 Å². The summed E-state index contributed by atoms with van der Waals surface area (Å²) < 4.78 is 33.9. The molecule has 1 aliphatic heterocycles. The van der Waals surface area contributed by atoms with Gasteiger partial charge in [-0.05, 0) is 56.3 Å². The number of aromatic nitrogens is 1. The number of ether oxygens (including phenoxy) is 3. The summed E-state index contributed by atoms with van der Waals surface area (Å²) in [5.41, 5.74) is 5.70. The molecule has 1 saturated heterocycles. The number of carbonyl (C=O) groups is 1. The van der Waals surface area contributed by atoms with Crippen LogP contribution in [-0.2, 0) is 32.5 Å². The number of likely N-dealkylation sites (tertiary alicyclic amines) is 1. The normalized spacial score (nSPS) is 19.8. The third kappa shape index (κ3) is 7.93.